The van der Waals surface area contributed by atoms with Crippen molar-refractivity contribution in [3.63, 3.8) is 0 Å². The minimum absolute atomic E-state index is 0.0623. The second-order valence-corrected chi connectivity index (χ2v) is 4.24. The highest BCUT2D eigenvalue weighted by atomic mass is 16.5. The fraction of sp³-hybridized carbons (Fsp3) is 0.500. The first-order chi connectivity index (χ1) is 8.26. The summed E-state index contributed by atoms with van der Waals surface area (Å²) in [5, 5.41) is 12.4. The molecule has 0 saturated carbocycles. The van der Waals surface area contributed by atoms with Crippen molar-refractivity contribution in [2.24, 2.45) is 0 Å². The van der Waals surface area contributed by atoms with Gasteiger partial charge in [0.2, 0.25) is 0 Å². The molecule has 2 N–H and O–H groups in total. The van der Waals surface area contributed by atoms with Gasteiger partial charge in [-0.3, -0.25) is 9.78 Å². The average molecular weight is 236 g/mol. The lowest BCUT2D eigenvalue weighted by Gasteiger charge is -2.36. The Morgan fingerprint density at radius 3 is 2.65 bits per heavy atom. The first-order valence-electron chi connectivity index (χ1n) is 5.67. The van der Waals surface area contributed by atoms with Crippen LogP contribution in [0.25, 0.3) is 0 Å². The fourth-order valence-corrected chi connectivity index (χ4v) is 1.90. The molecule has 0 aromatic carbocycles. The van der Waals surface area contributed by atoms with Gasteiger partial charge in [-0.25, -0.2) is 0 Å². The minimum atomic E-state index is -0.543. The summed E-state index contributed by atoms with van der Waals surface area (Å²) in [7, 11) is 0. The molecule has 2 rings (SSSR count). The number of carbonyl (C=O) groups excluding carboxylic acids is 1. The van der Waals surface area contributed by atoms with Gasteiger partial charge in [-0.2, -0.15) is 0 Å². The predicted molar refractivity (Wildman–Crippen MR) is 61.6 cm³/mol. The molecule has 0 spiro atoms. The lowest BCUT2D eigenvalue weighted by atomic mass is 9.90. The number of aliphatic hydroxyl groups is 1. The zero-order valence-electron chi connectivity index (χ0n) is 9.56. The van der Waals surface area contributed by atoms with Gasteiger partial charge in [0.15, 0.2) is 0 Å². The molecule has 5 nitrogen and oxygen atoms in total. The molecule has 1 fully saturated rings. The van der Waals surface area contributed by atoms with Crippen molar-refractivity contribution in [1.82, 2.24) is 10.3 Å². The second kappa shape index (κ2) is 5.25. The van der Waals surface area contributed by atoms with Gasteiger partial charge in [0, 0.05) is 31.2 Å². The Morgan fingerprint density at radius 1 is 1.41 bits per heavy atom. The van der Waals surface area contributed by atoms with E-state index in [-0.39, 0.29) is 12.5 Å². The monoisotopic (exact) mass is 236 g/mol. The Morgan fingerprint density at radius 2 is 2.06 bits per heavy atom. The highest BCUT2D eigenvalue weighted by molar-refractivity contribution is 5.94. The van der Waals surface area contributed by atoms with E-state index in [1.165, 1.54) is 0 Å². The maximum absolute atomic E-state index is 12.0. The number of nitrogens with zero attached hydrogens (tertiary/aromatic N) is 1. The van der Waals surface area contributed by atoms with Crippen LogP contribution in [0.15, 0.2) is 24.5 Å². The molecule has 1 aliphatic rings. The minimum Gasteiger partial charge on any atom is -0.394 e. The summed E-state index contributed by atoms with van der Waals surface area (Å²) in [6.07, 6.45) is 4.43. The number of ether oxygens (including phenoxy) is 1. The highest BCUT2D eigenvalue weighted by Gasteiger charge is 2.33. The van der Waals surface area contributed by atoms with Crippen molar-refractivity contribution in [3.8, 4) is 0 Å². The standard InChI is InChI=1S/C12H16N2O3/c15-9-12(3-7-17-8-4-12)14-11(16)10-1-5-13-6-2-10/h1-2,5-6,15H,3-4,7-9H2,(H,14,16). The van der Waals surface area contributed by atoms with E-state index in [0.717, 1.165) is 0 Å². The molecule has 1 saturated heterocycles. The van der Waals surface area contributed by atoms with Crippen LogP contribution in [0, 0.1) is 0 Å². The van der Waals surface area contributed by atoms with E-state index in [2.05, 4.69) is 10.3 Å². The summed E-state index contributed by atoms with van der Waals surface area (Å²) in [5.74, 6) is -0.177. The number of rotatable bonds is 3. The summed E-state index contributed by atoms with van der Waals surface area (Å²) >= 11 is 0. The van der Waals surface area contributed by atoms with Gasteiger partial charge in [-0.05, 0) is 25.0 Å². The Kier molecular flexibility index (Phi) is 3.71. The van der Waals surface area contributed by atoms with Crippen LogP contribution in [0.1, 0.15) is 23.2 Å². The van der Waals surface area contributed by atoms with Crippen molar-refractivity contribution < 1.29 is 14.6 Å². The van der Waals surface area contributed by atoms with Crippen LogP contribution in [-0.4, -0.2) is 41.4 Å². The van der Waals surface area contributed by atoms with Gasteiger partial charge in [-0.15, -0.1) is 0 Å². The molecule has 1 aliphatic heterocycles. The number of pyridine rings is 1. The van der Waals surface area contributed by atoms with Crippen molar-refractivity contribution in [2.45, 2.75) is 18.4 Å². The van der Waals surface area contributed by atoms with Gasteiger partial charge in [0.25, 0.3) is 5.91 Å². The van der Waals surface area contributed by atoms with Crippen molar-refractivity contribution >= 4 is 5.91 Å². The summed E-state index contributed by atoms with van der Waals surface area (Å²) in [4.78, 5) is 15.8. The Hall–Kier alpha value is -1.46. The fourth-order valence-electron chi connectivity index (χ4n) is 1.90. The van der Waals surface area contributed by atoms with Crippen LogP contribution in [0.5, 0.6) is 0 Å². The first-order valence-corrected chi connectivity index (χ1v) is 5.67. The number of hydrogen-bond acceptors (Lipinski definition) is 4. The van der Waals surface area contributed by atoms with E-state index in [1.807, 2.05) is 0 Å². The molecule has 0 bridgehead atoms. The maximum Gasteiger partial charge on any atom is 0.251 e. The van der Waals surface area contributed by atoms with E-state index >= 15 is 0 Å². The molecule has 1 amide bonds. The molecule has 0 aliphatic carbocycles. The number of hydrogen-bond donors (Lipinski definition) is 2. The molecule has 0 unspecified atom stereocenters. The molecule has 2 heterocycles. The van der Waals surface area contributed by atoms with Crippen molar-refractivity contribution in [3.05, 3.63) is 30.1 Å². The SMILES string of the molecule is O=C(NC1(CO)CCOCC1)c1ccncc1. The summed E-state index contributed by atoms with van der Waals surface area (Å²) < 4.78 is 5.24. The Balaban J connectivity index is 2.06. The molecule has 0 radical (unpaired) electrons. The van der Waals surface area contributed by atoms with Crippen LogP contribution in [0.3, 0.4) is 0 Å². The normalized spacial score (nSPS) is 18.6. The van der Waals surface area contributed by atoms with Crippen LogP contribution in [-0.2, 0) is 4.74 Å². The van der Waals surface area contributed by atoms with Gasteiger partial charge >= 0.3 is 0 Å². The maximum atomic E-state index is 12.0. The zero-order valence-corrected chi connectivity index (χ0v) is 9.56. The number of amides is 1. The van der Waals surface area contributed by atoms with Crippen LogP contribution < -0.4 is 5.32 Å². The van der Waals surface area contributed by atoms with E-state index in [1.54, 1.807) is 24.5 Å². The van der Waals surface area contributed by atoms with Gasteiger partial charge in [0.1, 0.15) is 0 Å². The molecule has 1 aromatic heterocycles. The first kappa shape index (κ1) is 12.0. The Bertz CT molecular complexity index is 375. The lowest BCUT2D eigenvalue weighted by Crippen LogP contribution is -2.54. The van der Waals surface area contributed by atoms with Gasteiger partial charge < -0.3 is 15.2 Å². The van der Waals surface area contributed by atoms with Crippen molar-refractivity contribution in [1.29, 1.82) is 0 Å². The van der Waals surface area contributed by atoms with Crippen LogP contribution in [0.4, 0.5) is 0 Å². The van der Waals surface area contributed by atoms with Crippen LogP contribution in [0.2, 0.25) is 0 Å². The average Bonchev–Trinajstić information content (AvgIpc) is 2.41. The second-order valence-electron chi connectivity index (χ2n) is 4.24. The highest BCUT2D eigenvalue weighted by Crippen LogP contribution is 2.20. The molecule has 0 atom stereocenters. The summed E-state index contributed by atoms with van der Waals surface area (Å²) in [5.41, 5.74) is 0.0119. The predicted octanol–water partition coefficient (Wildman–Crippen LogP) is 0.353. The molecule has 1 aromatic rings. The zero-order chi connectivity index (χ0) is 12.1. The Labute approximate surface area is 99.8 Å². The van der Waals surface area contributed by atoms with E-state index < -0.39 is 5.54 Å². The molecule has 92 valence electrons. The quantitative estimate of drug-likeness (QED) is 0.794. The lowest BCUT2D eigenvalue weighted by molar-refractivity contribution is 0.0125. The third kappa shape index (κ3) is 2.81. The molecular weight excluding hydrogens is 220 g/mol. The van der Waals surface area contributed by atoms with Gasteiger partial charge in [-0.1, -0.05) is 0 Å². The third-order valence-corrected chi connectivity index (χ3v) is 3.07. The summed E-state index contributed by atoms with van der Waals surface area (Å²) in [6.45, 7) is 1.07. The number of aromatic nitrogens is 1. The molecule has 17 heavy (non-hydrogen) atoms. The molecule has 5 heteroatoms. The van der Waals surface area contributed by atoms with Crippen LogP contribution >= 0.6 is 0 Å². The smallest absolute Gasteiger partial charge is 0.251 e. The number of aliphatic hydroxyl groups excluding tert-OH is 1. The third-order valence-electron chi connectivity index (χ3n) is 3.07. The summed E-state index contributed by atoms with van der Waals surface area (Å²) in [6, 6.07) is 3.31. The largest absolute Gasteiger partial charge is 0.394 e. The molecular formula is C12H16N2O3. The topological polar surface area (TPSA) is 71.5 Å². The number of carbonyl (C=O) groups is 1. The van der Waals surface area contributed by atoms with E-state index in [4.69, 9.17) is 4.74 Å². The van der Waals surface area contributed by atoms with E-state index in [0.29, 0.717) is 31.6 Å². The van der Waals surface area contributed by atoms with E-state index in [9.17, 15) is 9.90 Å². The van der Waals surface area contributed by atoms with Crippen molar-refractivity contribution in [2.75, 3.05) is 19.8 Å². The number of nitrogens with one attached hydrogen (secondary N) is 1. The van der Waals surface area contributed by atoms with Gasteiger partial charge in [0.05, 0.1) is 12.1 Å².